The van der Waals surface area contributed by atoms with E-state index in [-0.39, 0.29) is 5.56 Å². The number of H-pyrrole nitrogens is 1. The molecule has 7 heteroatoms. The molecule has 0 saturated heterocycles. The van der Waals surface area contributed by atoms with Crippen molar-refractivity contribution in [1.82, 2.24) is 19.7 Å². The molecule has 1 aromatic carbocycles. The first kappa shape index (κ1) is 16.4. The highest BCUT2D eigenvalue weighted by Crippen LogP contribution is 2.23. The van der Waals surface area contributed by atoms with Gasteiger partial charge in [-0.1, -0.05) is 29.5 Å². The third-order valence-electron chi connectivity index (χ3n) is 4.06. The molecular formula is C19H17N5OS. The lowest BCUT2D eigenvalue weighted by molar-refractivity contribution is 0.829. The summed E-state index contributed by atoms with van der Waals surface area (Å²) in [5.41, 5.74) is 3.53. The Balaban J connectivity index is 1.80. The van der Waals surface area contributed by atoms with Crippen molar-refractivity contribution >= 4 is 33.1 Å². The van der Waals surface area contributed by atoms with E-state index in [0.29, 0.717) is 22.2 Å². The molecule has 0 spiro atoms. The topological polar surface area (TPSA) is 75.9 Å². The third-order valence-corrected chi connectivity index (χ3v) is 5.08. The molecule has 0 amide bonds. The van der Waals surface area contributed by atoms with Crippen molar-refractivity contribution in [3.63, 3.8) is 0 Å². The standard InChI is InChI=1S/C19H17N5OS/c1-11-7-6-10-16(20-11)21-12(2)17-13(3)23-24(18(17)25)19-22-14-8-4-5-9-15(14)26-19/h4-10,23H,1-3H3/b21-12+. The summed E-state index contributed by atoms with van der Waals surface area (Å²) >= 11 is 1.47. The Morgan fingerprint density at radius 2 is 1.92 bits per heavy atom. The van der Waals surface area contributed by atoms with Crippen molar-refractivity contribution in [1.29, 1.82) is 0 Å². The number of hydrogen-bond acceptors (Lipinski definition) is 5. The lowest BCUT2D eigenvalue weighted by Crippen LogP contribution is -2.19. The van der Waals surface area contributed by atoms with Crippen LogP contribution in [-0.2, 0) is 0 Å². The highest BCUT2D eigenvalue weighted by molar-refractivity contribution is 7.20. The van der Waals surface area contributed by atoms with E-state index < -0.39 is 0 Å². The molecule has 3 heterocycles. The molecule has 0 aliphatic heterocycles. The van der Waals surface area contributed by atoms with Crippen LogP contribution in [0.2, 0.25) is 0 Å². The van der Waals surface area contributed by atoms with Gasteiger partial charge in [-0.25, -0.2) is 15.0 Å². The Morgan fingerprint density at radius 3 is 2.69 bits per heavy atom. The highest BCUT2D eigenvalue weighted by atomic mass is 32.1. The number of aromatic amines is 1. The van der Waals surface area contributed by atoms with E-state index >= 15 is 0 Å². The Morgan fingerprint density at radius 1 is 1.12 bits per heavy atom. The van der Waals surface area contributed by atoms with Crippen LogP contribution in [0.15, 0.2) is 52.3 Å². The van der Waals surface area contributed by atoms with Crippen molar-refractivity contribution in [3.05, 3.63) is 69.8 Å². The number of aliphatic imine (C=N–C) groups is 1. The van der Waals surface area contributed by atoms with Crippen LogP contribution in [0, 0.1) is 13.8 Å². The van der Waals surface area contributed by atoms with Crippen LogP contribution >= 0.6 is 11.3 Å². The molecule has 1 N–H and O–H groups in total. The summed E-state index contributed by atoms with van der Waals surface area (Å²) in [6.45, 7) is 5.60. The number of aromatic nitrogens is 4. The van der Waals surface area contributed by atoms with Gasteiger partial charge in [-0.3, -0.25) is 9.89 Å². The van der Waals surface area contributed by atoms with E-state index in [1.54, 1.807) is 0 Å². The van der Waals surface area contributed by atoms with Crippen LogP contribution < -0.4 is 5.56 Å². The molecule has 0 saturated carbocycles. The van der Waals surface area contributed by atoms with Crippen LogP contribution in [0.4, 0.5) is 5.82 Å². The molecule has 26 heavy (non-hydrogen) atoms. The second-order valence-corrected chi connectivity index (χ2v) is 7.06. The van der Waals surface area contributed by atoms with Crippen molar-refractivity contribution in [2.75, 3.05) is 0 Å². The van der Waals surface area contributed by atoms with Crippen LogP contribution in [0.1, 0.15) is 23.9 Å². The van der Waals surface area contributed by atoms with Gasteiger partial charge < -0.3 is 0 Å². The Labute approximate surface area is 153 Å². The van der Waals surface area contributed by atoms with Crippen molar-refractivity contribution in [2.45, 2.75) is 20.8 Å². The average Bonchev–Trinajstić information content (AvgIpc) is 3.15. The van der Waals surface area contributed by atoms with E-state index in [1.165, 1.54) is 16.0 Å². The van der Waals surface area contributed by atoms with Gasteiger partial charge in [0.25, 0.3) is 5.56 Å². The number of para-hydroxylation sites is 1. The van der Waals surface area contributed by atoms with E-state index in [2.05, 4.69) is 20.1 Å². The fourth-order valence-electron chi connectivity index (χ4n) is 2.88. The van der Waals surface area contributed by atoms with Gasteiger partial charge in [-0.05, 0) is 45.0 Å². The lowest BCUT2D eigenvalue weighted by Gasteiger charge is -1.99. The summed E-state index contributed by atoms with van der Waals surface area (Å²) < 4.78 is 2.52. The first-order valence-corrected chi connectivity index (χ1v) is 9.01. The van der Waals surface area contributed by atoms with Crippen LogP contribution in [0.25, 0.3) is 15.3 Å². The SMILES string of the molecule is C/C(=N\c1cccc(C)n1)c1c(C)[nH]n(-c2nc3ccccc3s2)c1=O. The Hall–Kier alpha value is -3.06. The van der Waals surface area contributed by atoms with E-state index in [9.17, 15) is 4.79 Å². The molecular weight excluding hydrogens is 346 g/mol. The largest absolute Gasteiger partial charge is 0.293 e. The Kier molecular flexibility index (Phi) is 4.00. The molecule has 0 fully saturated rings. The lowest BCUT2D eigenvalue weighted by atomic mass is 10.2. The first-order chi connectivity index (χ1) is 12.5. The van der Waals surface area contributed by atoms with Gasteiger partial charge >= 0.3 is 0 Å². The zero-order chi connectivity index (χ0) is 18.3. The van der Waals surface area contributed by atoms with Crippen molar-refractivity contribution in [2.24, 2.45) is 4.99 Å². The van der Waals surface area contributed by atoms with Gasteiger partial charge in [0.1, 0.15) is 0 Å². The monoisotopic (exact) mass is 363 g/mol. The number of benzene rings is 1. The summed E-state index contributed by atoms with van der Waals surface area (Å²) in [6.07, 6.45) is 0. The van der Waals surface area contributed by atoms with Gasteiger partial charge in [0.15, 0.2) is 5.82 Å². The molecule has 4 rings (SSSR count). The molecule has 6 nitrogen and oxygen atoms in total. The highest BCUT2D eigenvalue weighted by Gasteiger charge is 2.17. The average molecular weight is 363 g/mol. The molecule has 0 atom stereocenters. The fraction of sp³-hybridized carbons (Fsp3) is 0.158. The fourth-order valence-corrected chi connectivity index (χ4v) is 3.81. The predicted octanol–water partition coefficient (Wildman–Crippen LogP) is 3.93. The minimum atomic E-state index is -0.157. The maximum Gasteiger partial charge on any atom is 0.282 e. The summed E-state index contributed by atoms with van der Waals surface area (Å²) in [4.78, 5) is 26.4. The quantitative estimate of drug-likeness (QED) is 0.560. The van der Waals surface area contributed by atoms with Crippen molar-refractivity contribution < 1.29 is 0 Å². The minimum absolute atomic E-state index is 0.157. The number of rotatable bonds is 3. The zero-order valence-corrected chi connectivity index (χ0v) is 15.5. The maximum atomic E-state index is 13.0. The number of nitrogens with one attached hydrogen (secondary N) is 1. The molecule has 4 aromatic rings. The number of hydrogen-bond donors (Lipinski definition) is 1. The van der Waals surface area contributed by atoms with Gasteiger partial charge in [-0.15, -0.1) is 0 Å². The molecule has 0 aliphatic carbocycles. The molecule has 3 aromatic heterocycles. The minimum Gasteiger partial charge on any atom is -0.293 e. The predicted molar refractivity (Wildman–Crippen MR) is 105 cm³/mol. The van der Waals surface area contributed by atoms with Crippen molar-refractivity contribution in [3.8, 4) is 5.13 Å². The number of thiazole rings is 1. The smallest absolute Gasteiger partial charge is 0.282 e. The van der Waals surface area contributed by atoms with Crippen LogP contribution in [0.5, 0.6) is 0 Å². The molecule has 0 radical (unpaired) electrons. The molecule has 130 valence electrons. The molecule has 0 unspecified atom stereocenters. The van der Waals surface area contributed by atoms with Crippen LogP contribution in [-0.4, -0.2) is 25.5 Å². The first-order valence-electron chi connectivity index (χ1n) is 8.20. The number of nitrogens with zero attached hydrogens (tertiary/aromatic N) is 4. The van der Waals surface area contributed by atoms with Gasteiger partial charge in [0.05, 0.1) is 21.5 Å². The second kappa shape index (κ2) is 6.34. The molecule has 0 aliphatic rings. The number of fused-ring (bicyclic) bond motifs is 1. The van der Waals surface area contributed by atoms with Gasteiger partial charge in [-0.2, -0.15) is 4.68 Å². The summed E-state index contributed by atoms with van der Waals surface area (Å²) in [5.74, 6) is 0.592. The van der Waals surface area contributed by atoms with E-state index in [1.807, 2.05) is 63.2 Å². The number of pyridine rings is 1. The summed E-state index contributed by atoms with van der Waals surface area (Å²) in [7, 11) is 0. The van der Waals surface area contributed by atoms with Gasteiger partial charge in [0.2, 0.25) is 5.13 Å². The molecule has 0 bridgehead atoms. The Bertz CT molecular complexity index is 1170. The normalized spacial score (nSPS) is 12.0. The summed E-state index contributed by atoms with van der Waals surface area (Å²) in [5, 5.41) is 3.74. The van der Waals surface area contributed by atoms with E-state index in [0.717, 1.165) is 21.6 Å². The maximum absolute atomic E-state index is 13.0. The third kappa shape index (κ3) is 2.86. The van der Waals surface area contributed by atoms with Crippen LogP contribution in [0.3, 0.4) is 0 Å². The van der Waals surface area contributed by atoms with E-state index in [4.69, 9.17) is 0 Å². The zero-order valence-electron chi connectivity index (χ0n) is 14.6. The van der Waals surface area contributed by atoms with Gasteiger partial charge in [0, 0.05) is 11.4 Å². The number of aryl methyl sites for hydroxylation is 2. The summed E-state index contributed by atoms with van der Waals surface area (Å²) in [6, 6.07) is 13.5. The second-order valence-electron chi connectivity index (χ2n) is 6.05.